The molecule has 2 heterocycles. The Morgan fingerprint density at radius 3 is 2.38 bits per heavy atom. The van der Waals surface area contributed by atoms with Crippen molar-refractivity contribution in [1.29, 1.82) is 0 Å². The van der Waals surface area contributed by atoms with Gasteiger partial charge in [-0.05, 0) is 67.4 Å². The van der Waals surface area contributed by atoms with Gasteiger partial charge in [-0.2, -0.15) is 0 Å². The third kappa shape index (κ3) is 5.31. The average Bonchev–Trinajstić information content (AvgIpc) is 3.28. The van der Waals surface area contributed by atoms with Crippen LogP contribution in [0.15, 0.2) is 60.9 Å². The topological polar surface area (TPSA) is 133 Å². The van der Waals surface area contributed by atoms with E-state index < -0.39 is 35.0 Å². The largest absolute Gasteiger partial charge is 0.478 e. The molecule has 0 saturated carbocycles. The van der Waals surface area contributed by atoms with Crippen LogP contribution in [-0.2, 0) is 0 Å². The summed E-state index contributed by atoms with van der Waals surface area (Å²) < 4.78 is 30.3. The van der Waals surface area contributed by atoms with Crippen LogP contribution in [0.5, 0.6) is 0 Å². The molecule has 9 nitrogen and oxygen atoms in total. The number of imidazole rings is 1. The number of aromatic nitrogens is 2. The number of carbonyl (C=O) groups excluding carboxylic acids is 2. The summed E-state index contributed by atoms with van der Waals surface area (Å²) in [6, 6.07) is 10.3. The first-order chi connectivity index (χ1) is 17.5. The fourth-order valence-electron chi connectivity index (χ4n) is 3.56. The Hall–Kier alpha value is -4.64. The van der Waals surface area contributed by atoms with E-state index >= 15 is 0 Å². The van der Waals surface area contributed by atoms with Crippen LogP contribution in [0, 0.1) is 11.6 Å². The number of aromatic carboxylic acids is 1. The summed E-state index contributed by atoms with van der Waals surface area (Å²) in [7, 11) is 0. The van der Waals surface area contributed by atoms with Crippen molar-refractivity contribution in [2.75, 3.05) is 11.9 Å². The van der Waals surface area contributed by atoms with E-state index in [1.54, 1.807) is 32.0 Å². The highest BCUT2D eigenvalue weighted by molar-refractivity contribution is 6.04. The summed E-state index contributed by atoms with van der Waals surface area (Å²) in [4.78, 5) is 40.5. The third-order valence-electron chi connectivity index (χ3n) is 5.60. The van der Waals surface area contributed by atoms with Gasteiger partial charge in [0.05, 0.1) is 35.2 Å². The van der Waals surface area contributed by atoms with Gasteiger partial charge in [0.15, 0.2) is 0 Å². The summed E-state index contributed by atoms with van der Waals surface area (Å²) in [6.07, 6.45) is 2.79. The lowest BCUT2D eigenvalue weighted by molar-refractivity contribution is 0.0696. The fraction of sp³-hybridized carbons (Fsp3) is 0.154. The van der Waals surface area contributed by atoms with E-state index in [9.17, 15) is 28.3 Å². The Morgan fingerprint density at radius 2 is 1.70 bits per heavy atom. The van der Waals surface area contributed by atoms with Crippen LogP contribution in [0.25, 0.3) is 16.8 Å². The molecular formula is C26H22F2N4O5. The van der Waals surface area contributed by atoms with Gasteiger partial charge in [-0.3, -0.25) is 14.0 Å². The Balaban J connectivity index is 1.58. The molecule has 4 aromatic rings. The van der Waals surface area contributed by atoms with Crippen LogP contribution >= 0.6 is 0 Å². The Labute approximate surface area is 209 Å². The third-order valence-corrected chi connectivity index (χ3v) is 5.60. The number of benzene rings is 2. The number of aliphatic hydroxyl groups excluding tert-OH is 1. The van der Waals surface area contributed by atoms with Crippen molar-refractivity contribution in [3.05, 3.63) is 89.4 Å². The molecule has 2 aromatic heterocycles. The maximum atomic E-state index is 14.7. The molecule has 0 spiro atoms. The number of nitrogens with zero attached hydrogens (tertiary/aromatic N) is 2. The number of carboxylic acids is 1. The maximum Gasteiger partial charge on any atom is 0.335 e. The van der Waals surface area contributed by atoms with Gasteiger partial charge in [0.25, 0.3) is 11.8 Å². The molecule has 2 aromatic carbocycles. The fourth-order valence-corrected chi connectivity index (χ4v) is 3.56. The number of carbonyl (C=O) groups is 3. The monoisotopic (exact) mass is 508 g/mol. The molecule has 0 aliphatic rings. The first-order valence-corrected chi connectivity index (χ1v) is 11.0. The molecule has 4 rings (SSSR count). The maximum absolute atomic E-state index is 14.7. The van der Waals surface area contributed by atoms with Crippen LogP contribution in [-0.4, -0.2) is 49.5 Å². The van der Waals surface area contributed by atoms with Crippen molar-refractivity contribution in [2.24, 2.45) is 0 Å². The SMILES string of the molecule is CC(C)(CO)NC(=O)c1ccc(-c2ccn3c(C(=O)Nc4cc(C(=O)O)ccc4F)cnc3c2)cc1F. The quantitative estimate of drug-likeness (QED) is 0.301. The van der Waals surface area contributed by atoms with E-state index in [0.29, 0.717) is 16.8 Å². The lowest BCUT2D eigenvalue weighted by Gasteiger charge is -2.23. The van der Waals surface area contributed by atoms with Gasteiger partial charge in [-0.15, -0.1) is 0 Å². The van der Waals surface area contributed by atoms with Crippen molar-refractivity contribution in [3.63, 3.8) is 0 Å². The first-order valence-electron chi connectivity index (χ1n) is 11.0. The lowest BCUT2D eigenvalue weighted by atomic mass is 10.0. The van der Waals surface area contributed by atoms with Crippen LogP contribution in [0.2, 0.25) is 0 Å². The number of carboxylic acid groups (broad SMARTS) is 1. The minimum absolute atomic E-state index is 0.0615. The number of nitrogens with one attached hydrogen (secondary N) is 2. The number of hydrogen-bond donors (Lipinski definition) is 4. The van der Waals surface area contributed by atoms with Crippen LogP contribution < -0.4 is 10.6 Å². The molecule has 0 bridgehead atoms. The van der Waals surface area contributed by atoms with E-state index in [1.807, 2.05) is 0 Å². The van der Waals surface area contributed by atoms with Crippen molar-refractivity contribution in [1.82, 2.24) is 14.7 Å². The molecule has 11 heteroatoms. The summed E-state index contributed by atoms with van der Waals surface area (Å²) >= 11 is 0. The van der Waals surface area contributed by atoms with Crippen molar-refractivity contribution < 1.29 is 33.4 Å². The van der Waals surface area contributed by atoms with Gasteiger partial charge in [0, 0.05) is 6.20 Å². The molecular weight excluding hydrogens is 486 g/mol. The second kappa shape index (κ2) is 9.78. The predicted octanol–water partition coefficient (Wildman–Crippen LogP) is 3.73. The van der Waals surface area contributed by atoms with E-state index in [1.165, 1.54) is 28.9 Å². The number of halogens is 2. The van der Waals surface area contributed by atoms with Crippen LogP contribution in [0.3, 0.4) is 0 Å². The average molecular weight is 508 g/mol. The predicted molar refractivity (Wildman–Crippen MR) is 131 cm³/mol. The van der Waals surface area contributed by atoms with Crippen molar-refractivity contribution in [2.45, 2.75) is 19.4 Å². The van der Waals surface area contributed by atoms with Crippen molar-refractivity contribution >= 4 is 29.1 Å². The lowest BCUT2D eigenvalue weighted by Crippen LogP contribution is -2.46. The van der Waals surface area contributed by atoms with Crippen LogP contribution in [0.1, 0.15) is 45.1 Å². The number of amides is 2. The summed E-state index contributed by atoms with van der Waals surface area (Å²) in [6.45, 7) is 2.90. The molecule has 4 N–H and O–H groups in total. The molecule has 2 amide bonds. The Morgan fingerprint density at radius 1 is 0.973 bits per heavy atom. The number of anilines is 1. The zero-order valence-corrected chi connectivity index (χ0v) is 19.8. The van der Waals surface area contributed by atoms with E-state index in [0.717, 1.165) is 18.2 Å². The zero-order chi connectivity index (χ0) is 26.9. The van der Waals surface area contributed by atoms with Gasteiger partial charge in [0.1, 0.15) is 23.0 Å². The second-order valence-electron chi connectivity index (χ2n) is 8.93. The number of aliphatic hydroxyl groups is 1. The van der Waals surface area contributed by atoms with E-state index in [2.05, 4.69) is 15.6 Å². The minimum Gasteiger partial charge on any atom is -0.478 e. The molecule has 0 aliphatic heterocycles. The second-order valence-corrected chi connectivity index (χ2v) is 8.93. The van der Waals surface area contributed by atoms with Gasteiger partial charge >= 0.3 is 5.97 Å². The highest BCUT2D eigenvalue weighted by atomic mass is 19.1. The Bertz CT molecular complexity index is 1550. The summed E-state index contributed by atoms with van der Waals surface area (Å²) in [5.74, 6) is -4.19. The molecule has 0 fully saturated rings. The van der Waals surface area contributed by atoms with Crippen molar-refractivity contribution in [3.8, 4) is 11.1 Å². The highest BCUT2D eigenvalue weighted by Gasteiger charge is 2.22. The number of rotatable bonds is 7. The van der Waals surface area contributed by atoms with E-state index in [4.69, 9.17) is 5.11 Å². The van der Waals surface area contributed by atoms with Gasteiger partial charge in [-0.1, -0.05) is 6.07 Å². The van der Waals surface area contributed by atoms with E-state index in [-0.39, 0.29) is 29.1 Å². The summed E-state index contributed by atoms with van der Waals surface area (Å²) in [5, 5.41) is 23.3. The minimum atomic E-state index is -1.27. The number of hydrogen-bond acceptors (Lipinski definition) is 5. The smallest absolute Gasteiger partial charge is 0.335 e. The standard InChI is InChI=1S/C26H22F2N4O5/c1-26(2,13-33)31-23(34)17-5-3-14(9-19(17)28)15-7-8-32-21(12-29-22(32)11-15)24(35)30-20-10-16(25(36)37)4-6-18(20)27/h3-12,33H,13H2,1-2H3,(H,30,35)(H,31,34)(H,36,37). The molecule has 37 heavy (non-hydrogen) atoms. The van der Waals surface area contributed by atoms with Crippen LogP contribution in [0.4, 0.5) is 14.5 Å². The molecule has 0 saturated heterocycles. The van der Waals surface area contributed by atoms with Gasteiger partial charge in [-0.25, -0.2) is 18.6 Å². The molecule has 0 radical (unpaired) electrons. The van der Waals surface area contributed by atoms with Gasteiger partial charge in [0.2, 0.25) is 0 Å². The summed E-state index contributed by atoms with van der Waals surface area (Å²) in [5.41, 5.74) is -0.147. The number of pyridine rings is 1. The normalized spacial score (nSPS) is 11.4. The number of fused-ring (bicyclic) bond motifs is 1. The molecule has 0 aliphatic carbocycles. The van der Waals surface area contributed by atoms with Gasteiger partial charge < -0.3 is 20.8 Å². The molecule has 190 valence electrons. The first kappa shape index (κ1) is 25.5. The zero-order valence-electron chi connectivity index (χ0n) is 19.8. The highest BCUT2D eigenvalue weighted by Crippen LogP contribution is 2.25. The molecule has 0 atom stereocenters. The molecule has 0 unspecified atom stereocenters. The Kier molecular flexibility index (Phi) is 6.73.